The van der Waals surface area contributed by atoms with E-state index in [1.165, 1.54) is 0 Å². The SMILES string of the molecule is FC(F)(C[N-]CC(F)(F)CC(F)(F)C(F)(F)F)CC(F)(F)C(F)(F)F.FC(F)(F)C(F)(F)C[N-]CC(F)(F)C(F)(F)F.FC(F)(F)C[N-]CC(F)(F)F.FC1(F)C[N-]CC1(F)F.FCC[N-]CCC(F)(F)F. The van der Waals surface area contributed by atoms with Crippen LogP contribution in [0.15, 0.2) is 0 Å². The first-order valence-corrected chi connectivity index (χ1v) is 17.3. The summed E-state index contributed by atoms with van der Waals surface area (Å²) in [5.74, 6) is -40.4. The zero-order valence-electron chi connectivity index (χ0n) is 34.0. The summed E-state index contributed by atoms with van der Waals surface area (Å²) in [4.78, 5) is 0. The van der Waals surface area contributed by atoms with Gasteiger partial charge in [0, 0.05) is 6.42 Å². The Kier molecular flexibility index (Phi) is 28.6. The van der Waals surface area contributed by atoms with Gasteiger partial charge in [-0.15, -0.1) is 13.1 Å². The third kappa shape index (κ3) is 33.9. The van der Waals surface area contributed by atoms with E-state index in [2.05, 4.69) is 21.3 Å². The summed E-state index contributed by atoms with van der Waals surface area (Å²) < 4.78 is 449. The number of halogens is 38. The number of hydrogen-bond donors (Lipinski definition) is 0. The van der Waals surface area contributed by atoms with E-state index < -0.39 is 169 Å². The maximum Gasteiger partial charge on any atom is 0.453 e. The number of nitrogens with zero attached hydrogens (tertiary/aromatic N) is 5. The zero-order valence-corrected chi connectivity index (χ0v) is 34.0. The molecule has 0 amide bonds. The lowest BCUT2D eigenvalue weighted by atomic mass is 10.1. The molecule has 440 valence electrons. The van der Waals surface area contributed by atoms with Gasteiger partial charge in [0.15, 0.2) is 0 Å². The smallest absolute Gasteiger partial charge is 0.453 e. The third-order valence-corrected chi connectivity index (χ3v) is 6.46. The van der Waals surface area contributed by atoms with Crippen LogP contribution in [0.25, 0.3) is 26.6 Å². The molecule has 1 aliphatic rings. The predicted molar refractivity (Wildman–Crippen MR) is 167 cm³/mol. The van der Waals surface area contributed by atoms with E-state index in [1.807, 2.05) is 5.32 Å². The molecule has 0 aliphatic carbocycles. The average Bonchev–Trinajstić information content (AvgIpc) is 3.31. The molecular formula is C29H28F38N5-5. The molecule has 0 aromatic heterocycles. The number of rotatable bonds is 18. The summed E-state index contributed by atoms with van der Waals surface area (Å²) in [6.07, 6.45) is -45.6. The quantitative estimate of drug-likeness (QED) is 0.0969. The Hall–Kier alpha value is -2.86. The van der Waals surface area contributed by atoms with Crippen molar-refractivity contribution in [3.05, 3.63) is 26.6 Å². The Morgan fingerprint density at radius 3 is 0.792 bits per heavy atom. The van der Waals surface area contributed by atoms with Gasteiger partial charge in [0.25, 0.3) is 11.8 Å². The fraction of sp³-hybridized carbons (Fsp3) is 1.00. The van der Waals surface area contributed by atoms with Gasteiger partial charge in [-0.05, 0) is 0 Å². The van der Waals surface area contributed by atoms with Gasteiger partial charge < -0.3 is 26.6 Å². The van der Waals surface area contributed by atoms with Crippen LogP contribution in [0.3, 0.4) is 0 Å². The molecule has 43 heteroatoms. The van der Waals surface area contributed by atoms with Crippen LogP contribution < -0.4 is 0 Å². The van der Waals surface area contributed by atoms with E-state index in [9.17, 15) is 167 Å². The topological polar surface area (TPSA) is 70.5 Å². The largest absolute Gasteiger partial charge is 0.660 e. The van der Waals surface area contributed by atoms with Crippen LogP contribution in [0.2, 0.25) is 0 Å². The minimum Gasteiger partial charge on any atom is -0.660 e. The molecule has 0 N–H and O–H groups in total. The molecule has 0 aromatic rings. The highest BCUT2D eigenvalue weighted by atomic mass is 19.5. The summed E-state index contributed by atoms with van der Waals surface area (Å²) in [7, 11) is 0. The van der Waals surface area contributed by atoms with Crippen LogP contribution in [-0.2, 0) is 0 Å². The van der Waals surface area contributed by atoms with E-state index in [0.29, 0.717) is 0 Å². The first-order chi connectivity index (χ1) is 31.1. The third-order valence-electron chi connectivity index (χ3n) is 6.46. The van der Waals surface area contributed by atoms with Crippen LogP contribution in [0, 0.1) is 0 Å². The van der Waals surface area contributed by atoms with Crippen LogP contribution in [0.1, 0.15) is 19.3 Å². The van der Waals surface area contributed by atoms with Crippen LogP contribution in [0.5, 0.6) is 0 Å². The Morgan fingerprint density at radius 2 is 0.583 bits per heavy atom. The second kappa shape index (κ2) is 27.3. The maximum absolute atomic E-state index is 12.9. The lowest BCUT2D eigenvalue weighted by molar-refractivity contribution is -0.300. The molecule has 0 aromatic carbocycles. The molecular weight excluding hydrogens is 1140 g/mol. The summed E-state index contributed by atoms with van der Waals surface area (Å²) in [5.41, 5.74) is 0. The van der Waals surface area contributed by atoms with E-state index in [0.717, 1.165) is 0 Å². The van der Waals surface area contributed by atoms with Crippen LogP contribution in [-0.4, -0.2) is 163 Å². The van der Waals surface area contributed by atoms with Crippen molar-refractivity contribution in [2.75, 3.05) is 72.1 Å². The molecule has 1 aliphatic heterocycles. The number of alkyl halides is 38. The number of hydrogen-bond acceptors (Lipinski definition) is 0. The molecule has 0 atom stereocenters. The maximum atomic E-state index is 12.9. The molecule has 0 radical (unpaired) electrons. The minimum absolute atomic E-state index is 0.129. The van der Waals surface area contributed by atoms with Crippen molar-refractivity contribution < 1.29 is 167 Å². The molecule has 1 saturated heterocycles. The highest BCUT2D eigenvalue weighted by Crippen LogP contribution is 2.46. The Balaban J connectivity index is -0.000000426. The average molecular weight is 1170 g/mol. The fourth-order valence-corrected chi connectivity index (χ4v) is 3.12. The van der Waals surface area contributed by atoms with Crippen molar-refractivity contribution in [3.8, 4) is 0 Å². The summed E-state index contributed by atoms with van der Waals surface area (Å²) >= 11 is 0. The second-order valence-electron chi connectivity index (χ2n) is 13.4. The molecule has 1 heterocycles. The van der Waals surface area contributed by atoms with Gasteiger partial charge in [0.1, 0.15) is 0 Å². The minimum atomic E-state index is -6.37. The van der Waals surface area contributed by atoms with E-state index >= 15 is 0 Å². The molecule has 5 nitrogen and oxygen atoms in total. The lowest BCUT2D eigenvalue weighted by Crippen LogP contribution is -2.44. The van der Waals surface area contributed by atoms with Crippen molar-refractivity contribution in [2.45, 2.75) is 110 Å². The van der Waals surface area contributed by atoms with E-state index in [-0.39, 0.29) is 13.1 Å². The molecule has 0 bridgehead atoms. The molecule has 72 heavy (non-hydrogen) atoms. The van der Waals surface area contributed by atoms with Crippen molar-refractivity contribution in [1.29, 1.82) is 0 Å². The predicted octanol–water partition coefficient (Wildman–Crippen LogP) is 16.0. The van der Waals surface area contributed by atoms with Crippen molar-refractivity contribution in [1.82, 2.24) is 0 Å². The van der Waals surface area contributed by atoms with Gasteiger partial charge in [-0.2, -0.15) is 127 Å². The van der Waals surface area contributed by atoms with E-state index in [4.69, 9.17) is 0 Å². The lowest BCUT2D eigenvalue weighted by Gasteiger charge is -2.33. The Bertz CT molecular complexity index is 1380. The van der Waals surface area contributed by atoms with Gasteiger partial charge >= 0.3 is 66.9 Å². The normalized spacial score (nSPS) is 16.6. The van der Waals surface area contributed by atoms with E-state index in [1.54, 1.807) is 0 Å². The highest BCUT2D eigenvalue weighted by Gasteiger charge is 2.62. The Labute approximate surface area is 376 Å². The first-order valence-electron chi connectivity index (χ1n) is 17.3. The summed E-state index contributed by atoms with van der Waals surface area (Å²) in [5, 5.41) is 12.5. The Morgan fingerprint density at radius 1 is 0.319 bits per heavy atom. The summed E-state index contributed by atoms with van der Waals surface area (Å²) in [6.45, 7) is -16.4. The standard InChI is InChI=1S/C10H8F14N.C6H4F10N.C5H8F4N.C4H4F6N.C4H4F4N/c11-5(12,1-7(15,16)9(19,20)21)3-25-4-6(13,14)2-8(17,18)10(22,23)24;7-3(8,5(11,12)13)1-17-2-4(9,10)6(14,15)16;6-2-4-10-3-1-5(7,8)9;5-3(6,7)1-11-2-4(8,9)10;5-3(6)1-9-2-4(3,7)8/h1-4H2;1-2H2;1-4H2;1-2H2;1-2H2/q5*-1. The zero-order chi connectivity index (χ0) is 58.9. The summed E-state index contributed by atoms with van der Waals surface area (Å²) in [6, 6.07) is 0. The first kappa shape index (κ1) is 75.7. The monoisotopic (exact) mass is 1170 g/mol. The van der Waals surface area contributed by atoms with Gasteiger partial charge in [0.05, 0.1) is 19.5 Å². The second-order valence-corrected chi connectivity index (χ2v) is 13.4. The van der Waals surface area contributed by atoms with Crippen LogP contribution >= 0.6 is 0 Å². The van der Waals surface area contributed by atoms with Gasteiger partial charge in [-0.3, -0.25) is 4.39 Å². The van der Waals surface area contributed by atoms with Gasteiger partial charge in [0.2, 0.25) is 11.8 Å². The molecule has 1 fully saturated rings. The van der Waals surface area contributed by atoms with Crippen molar-refractivity contribution in [2.24, 2.45) is 0 Å². The molecule has 0 unspecified atom stereocenters. The van der Waals surface area contributed by atoms with Crippen LogP contribution in [0.4, 0.5) is 167 Å². The molecule has 1 rings (SSSR count). The van der Waals surface area contributed by atoms with Gasteiger partial charge in [-0.1, -0.05) is 52.4 Å². The van der Waals surface area contributed by atoms with Gasteiger partial charge in [-0.25, -0.2) is 35.1 Å². The van der Waals surface area contributed by atoms with Crippen molar-refractivity contribution in [3.63, 3.8) is 0 Å². The highest BCUT2D eigenvalue weighted by molar-refractivity contribution is 5.09. The molecule has 0 spiro atoms. The molecule has 0 saturated carbocycles. The van der Waals surface area contributed by atoms with Crippen molar-refractivity contribution >= 4 is 0 Å². The fourth-order valence-electron chi connectivity index (χ4n) is 3.12.